The predicted octanol–water partition coefficient (Wildman–Crippen LogP) is 2.97. The Morgan fingerprint density at radius 1 is 1.67 bits per heavy atom. The van der Waals surface area contributed by atoms with Crippen LogP contribution < -0.4 is 5.32 Å². The van der Waals surface area contributed by atoms with Crippen LogP contribution in [0.5, 0.6) is 0 Å². The van der Waals surface area contributed by atoms with Crippen molar-refractivity contribution in [3.8, 4) is 0 Å². The average molecular weight is 292 g/mol. The SMILES string of the molecule is Cc1nc(Br)ccc1NC(=O)C(C)CCl. The van der Waals surface area contributed by atoms with E-state index in [9.17, 15) is 4.79 Å². The fraction of sp³-hybridized carbons (Fsp3) is 0.400. The molecule has 5 heteroatoms. The number of rotatable bonds is 3. The van der Waals surface area contributed by atoms with Gasteiger partial charge in [-0.25, -0.2) is 4.98 Å². The minimum atomic E-state index is -0.199. The van der Waals surface area contributed by atoms with Crippen LogP contribution >= 0.6 is 27.5 Å². The summed E-state index contributed by atoms with van der Waals surface area (Å²) in [6.45, 7) is 3.62. The van der Waals surface area contributed by atoms with Crippen LogP contribution in [0, 0.1) is 12.8 Å². The summed E-state index contributed by atoms with van der Waals surface area (Å²) in [6.07, 6.45) is 0. The Bertz CT molecular complexity index is 370. The van der Waals surface area contributed by atoms with Crippen molar-refractivity contribution in [2.45, 2.75) is 13.8 Å². The average Bonchev–Trinajstić information content (AvgIpc) is 2.20. The Balaban J connectivity index is 2.77. The van der Waals surface area contributed by atoms with Gasteiger partial charge in [-0.05, 0) is 35.0 Å². The molecule has 0 fully saturated rings. The van der Waals surface area contributed by atoms with Crippen molar-refractivity contribution in [2.75, 3.05) is 11.2 Å². The van der Waals surface area contributed by atoms with Crippen LogP contribution in [0.3, 0.4) is 0 Å². The molecule has 0 bridgehead atoms. The molecule has 1 N–H and O–H groups in total. The number of aromatic nitrogens is 1. The number of hydrogen-bond donors (Lipinski definition) is 1. The molecule has 0 saturated carbocycles. The molecule has 0 spiro atoms. The molecule has 0 radical (unpaired) electrons. The number of nitrogens with zero attached hydrogens (tertiary/aromatic N) is 1. The van der Waals surface area contributed by atoms with Gasteiger partial charge in [0.05, 0.1) is 11.4 Å². The molecule has 15 heavy (non-hydrogen) atoms. The van der Waals surface area contributed by atoms with E-state index in [2.05, 4.69) is 26.2 Å². The summed E-state index contributed by atoms with van der Waals surface area (Å²) in [5, 5.41) is 2.78. The second-order valence-electron chi connectivity index (χ2n) is 3.31. The molecule has 0 aliphatic rings. The van der Waals surface area contributed by atoms with Gasteiger partial charge in [-0.1, -0.05) is 6.92 Å². The first-order valence-electron chi connectivity index (χ1n) is 4.54. The highest BCUT2D eigenvalue weighted by atomic mass is 79.9. The molecule has 1 aromatic heterocycles. The molecule has 1 rings (SSSR count). The summed E-state index contributed by atoms with van der Waals surface area (Å²) in [6, 6.07) is 3.60. The van der Waals surface area contributed by atoms with Crippen molar-refractivity contribution >= 4 is 39.1 Å². The van der Waals surface area contributed by atoms with E-state index < -0.39 is 0 Å². The number of nitrogens with one attached hydrogen (secondary N) is 1. The molecule has 1 aromatic rings. The van der Waals surface area contributed by atoms with Crippen LogP contribution in [-0.2, 0) is 4.79 Å². The van der Waals surface area contributed by atoms with Gasteiger partial charge in [0.1, 0.15) is 4.60 Å². The van der Waals surface area contributed by atoms with E-state index in [1.165, 1.54) is 0 Å². The van der Waals surface area contributed by atoms with Crippen LogP contribution in [0.1, 0.15) is 12.6 Å². The van der Waals surface area contributed by atoms with Gasteiger partial charge in [0.25, 0.3) is 0 Å². The maximum Gasteiger partial charge on any atom is 0.228 e. The summed E-state index contributed by atoms with van der Waals surface area (Å²) >= 11 is 8.85. The molecular formula is C10H12BrClN2O. The van der Waals surface area contributed by atoms with E-state index in [1.54, 1.807) is 13.0 Å². The standard InChI is InChI=1S/C10H12BrClN2O/c1-6(5-12)10(15)14-8-3-4-9(11)13-7(8)2/h3-4,6H,5H2,1-2H3,(H,14,15). The van der Waals surface area contributed by atoms with Gasteiger partial charge in [-0.15, -0.1) is 11.6 Å². The highest BCUT2D eigenvalue weighted by Gasteiger charge is 2.12. The van der Waals surface area contributed by atoms with Gasteiger partial charge in [0.2, 0.25) is 5.91 Å². The highest BCUT2D eigenvalue weighted by molar-refractivity contribution is 9.10. The van der Waals surface area contributed by atoms with E-state index in [-0.39, 0.29) is 11.8 Å². The number of anilines is 1. The van der Waals surface area contributed by atoms with Gasteiger partial charge in [0, 0.05) is 11.8 Å². The van der Waals surface area contributed by atoms with Crippen molar-refractivity contribution in [1.82, 2.24) is 4.98 Å². The van der Waals surface area contributed by atoms with Crippen LogP contribution in [0.15, 0.2) is 16.7 Å². The van der Waals surface area contributed by atoms with E-state index in [0.717, 1.165) is 16.0 Å². The molecule has 1 heterocycles. The Morgan fingerprint density at radius 3 is 2.87 bits per heavy atom. The van der Waals surface area contributed by atoms with Crippen molar-refractivity contribution in [2.24, 2.45) is 5.92 Å². The van der Waals surface area contributed by atoms with Gasteiger partial charge in [0.15, 0.2) is 0 Å². The fourth-order valence-electron chi connectivity index (χ4n) is 0.989. The number of pyridine rings is 1. The van der Waals surface area contributed by atoms with Gasteiger partial charge >= 0.3 is 0 Å². The third-order valence-corrected chi connectivity index (χ3v) is 2.89. The van der Waals surface area contributed by atoms with E-state index in [0.29, 0.717) is 5.88 Å². The highest BCUT2D eigenvalue weighted by Crippen LogP contribution is 2.17. The fourth-order valence-corrected chi connectivity index (χ4v) is 1.53. The monoisotopic (exact) mass is 290 g/mol. The number of carbonyl (C=O) groups excluding carboxylic acids is 1. The van der Waals surface area contributed by atoms with Crippen molar-refractivity contribution in [3.05, 3.63) is 22.4 Å². The van der Waals surface area contributed by atoms with Gasteiger partial charge < -0.3 is 5.32 Å². The zero-order valence-corrected chi connectivity index (χ0v) is 10.9. The second-order valence-corrected chi connectivity index (χ2v) is 4.43. The normalized spacial score (nSPS) is 12.3. The Labute approximate surface area is 102 Å². The molecule has 0 aliphatic heterocycles. The van der Waals surface area contributed by atoms with Gasteiger partial charge in [-0.2, -0.15) is 0 Å². The smallest absolute Gasteiger partial charge is 0.228 e. The number of amides is 1. The molecule has 0 aliphatic carbocycles. The van der Waals surface area contributed by atoms with E-state index >= 15 is 0 Å². The lowest BCUT2D eigenvalue weighted by molar-refractivity contribution is -0.118. The molecular weight excluding hydrogens is 279 g/mol. The lowest BCUT2D eigenvalue weighted by Crippen LogP contribution is -2.22. The third kappa shape index (κ3) is 3.47. The molecule has 82 valence electrons. The number of alkyl halides is 1. The third-order valence-electron chi connectivity index (χ3n) is 1.99. The molecule has 1 unspecified atom stereocenters. The predicted molar refractivity (Wildman–Crippen MR) is 65.2 cm³/mol. The first-order valence-corrected chi connectivity index (χ1v) is 5.87. The summed E-state index contributed by atoms with van der Waals surface area (Å²) in [5.74, 6) is 0.0291. The summed E-state index contributed by atoms with van der Waals surface area (Å²) in [5.41, 5.74) is 1.50. The molecule has 0 aromatic carbocycles. The van der Waals surface area contributed by atoms with Crippen LogP contribution in [0.4, 0.5) is 5.69 Å². The maximum atomic E-state index is 11.5. The largest absolute Gasteiger partial charge is 0.324 e. The van der Waals surface area contributed by atoms with Crippen molar-refractivity contribution < 1.29 is 4.79 Å². The van der Waals surface area contributed by atoms with Gasteiger partial charge in [-0.3, -0.25) is 4.79 Å². The maximum absolute atomic E-state index is 11.5. The number of hydrogen-bond acceptors (Lipinski definition) is 2. The minimum absolute atomic E-state index is 0.0859. The van der Waals surface area contributed by atoms with Crippen LogP contribution in [0.25, 0.3) is 0 Å². The lowest BCUT2D eigenvalue weighted by atomic mass is 10.2. The molecule has 1 atom stereocenters. The second kappa shape index (κ2) is 5.47. The molecule has 0 saturated heterocycles. The summed E-state index contributed by atoms with van der Waals surface area (Å²) in [7, 11) is 0. The lowest BCUT2D eigenvalue weighted by Gasteiger charge is -2.10. The first kappa shape index (κ1) is 12.5. The van der Waals surface area contributed by atoms with E-state index in [4.69, 9.17) is 11.6 Å². The Hall–Kier alpha value is -0.610. The Morgan fingerprint density at radius 2 is 2.33 bits per heavy atom. The summed E-state index contributed by atoms with van der Waals surface area (Å²) in [4.78, 5) is 15.7. The first-order chi connectivity index (χ1) is 7.04. The quantitative estimate of drug-likeness (QED) is 0.687. The number of carbonyl (C=O) groups is 1. The zero-order valence-electron chi connectivity index (χ0n) is 8.55. The zero-order chi connectivity index (χ0) is 11.4. The number of halogens is 2. The summed E-state index contributed by atoms with van der Waals surface area (Å²) < 4.78 is 0.753. The van der Waals surface area contributed by atoms with Crippen LogP contribution in [-0.4, -0.2) is 16.8 Å². The number of aryl methyl sites for hydroxylation is 1. The van der Waals surface area contributed by atoms with Crippen molar-refractivity contribution in [3.63, 3.8) is 0 Å². The van der Waals surface area contributed by atoms with E-state index in [1.807, 2.05) is 13.0 Å². The molecule has 1 amide bonds. The minimum Gasteiger partial charge on any atom is -0.324 e. The topological polar surface area (TPSA) is 42.0 Å². The van der Waals surface area contributed by atoms with Crippen LogP contribution in [0.2, 0.25) is 0 Å². The molecule has 3 nitrogen and oxygen atoms in total. The Kier molecular flexibility index (Phi) is 4.54. The van der Waals surface area contributed by atoms with Crippen molar-refractivity contribution in [1.29, 1.82) is 0 Å².